The van der Waals surface area contributed by atoms with E-state index in [4.69, 9.17) is 14.5 Å². The molecule has 1 aromatic heterocycles. The lowest BCUT2D eigenvalue weighted by molar-refractivity contribution is 0.177. The number of ether oxygens (including phenoxy) is 2. The molecule has 1 unspecified atom stereocenters. The second-order valence-electron chi connectivity index (χ2n) is 7.16. The number of rotatable bonds is 9. The summed E-state index contributed by atoms with van der Waals surface area (Å²) < 4.78 is 12.4. The molecule has 2 heterocycles. The molecule has 0 radical (unpaired) electrons. The van der Waals surface area contributed by atoms with Gasteiger partial charge in [0.05, 0.1) is 13.7 Å². The van der Waals surface area contributed by atoms with Crippen molar-refractivity contribution in [2.45, 2.75) is 51.8 Å². The summed E-state index contributed by atoms with van der Waals surface area (Å²) in [6.45, 7) is 4.93. The molecule has 8 heteroatoms. The van der Waals surface area contributed by atoms with Crippen LogP contribution >= 0.6 is 0 Å². The van der Waals surface area contributed by atoms with Crippen molar-refractivity contribution < 1.29 is 9.47 Å². The van der Waals surface area contributed by atoms with Crippen LogP contribution in [0.5, 0.6) is 5.75 Å². The summed E-state index contributed by atoms with van der Waals surface area (Å²) in [6.07, 6.45) is 3.89. The fourth-order valence-corrected chi connectivity index (χ4v) is 3.48. The standard InChI is InChI=1S/C21H32N6O2/c1-4-22-21(23-12-6-8-16-7-5-9-18(13-16)29-3)24-17-10-11-20-25-19(15-28-2)26-27(20)14-17/h5,7,9,13,17H,4,6,8,10-12,14-15H2,1-3H3,(H2,22,23,24). The number of aromatic nitrogens is 3. The van der Waals surface area contributed by atoms with E-state index in [0.717, 1.165) is 68.7 Å². The average molecular weight is 401 g/mol. The normalized spacial score (nSPS) is 16.4. The fourth-order valence-electron chi connectivity index (χ4n) is 3.48. The lowest BCUT2D eigenvalue weighted by atomic mass is 10.1. The molecule has 8 nitrogen and oxygen atoms in total. The Kier molecular flexibility index (Phi) is 7.86. The topological polar surface area (TPSA) is 85.6 Å². The number of hydrogen-bond acceptors (Lipinski definition) is 5. The van der Waals surface area contributed by atoms with Crippen LogP contribution < -0.4 is 15.4 Å². The summed E-state index contributed by atoms with van der Waals surface area (Å²) >= 11 is 0. The number of nitrogens with zero attached hydrogens (tertiary/aromatic N) is 4. The Bertz CT molecular complexity index is 804. The lowest BCUT2D eigenvalue weighted by Crippen LogP contribution is -2.47. The van der Waals surface area contributed by atoms with Crippen molar-refractivity contribution in [1.29, 1.82) is 0 Å². The van der Waals surface area contributed by atoms with E-state index >= 15 is 0 Å². The van der Waals surface area contributed by atoms with E-state index in [2.05, 4.69) is 39.8 Å². The van der Waals surface area contributed by atoms with E-state index in [1.807, 2.05) is 16.8 Å². The van der Waals surface area contributed by atoms with Crippen LogP contribution in [0.1, 0.15) is 37.0 Å². The third-order valence-electron chi connectivity index (χ3n) is 4.89. The van der Waals surface area contributed by atoms with Crippen molar-refractivity contribution in [1.82, 2.24) is 25.4 Å². The number of fused-ring (bicyclic) bond motifs is 1. The zero-order chi connectivity index (χ0) is 20.5. The first-order chi connectivity index (χ1) is 14.2. The summed E-state index contributed by atoms with van der Waals surface area (Å²) in [4.78, 5) is 9.29. The van der Waals surface area contributed by atoms with Crippen LogP contribution in [0.3, 0.4) is 0 Å². The van der Waals surface area contributed by atoms with Crippen molar-refractivity contribution >= 4 is 5.96 Å². The second-order valence-corrected chi connectivity index (χ2v) is 7.16. The maximum Gasteiger partial charge on any atom is 0.191 e. The van der Waals surface area contributed by atoms with Gasteiger partial charge in [0, 0.05) is 32.7 Å². The lowest BCUT2D eigenvalue weighted by Gasteiger charge is -2.25. The molecule has 1 aliphatic heterocycles. The number of methoxy groups -OCH3 is 2. The molecule has 0 aliphatic carbocycles. The van der Waals surface area contributed by atoms with E-state index in [-0.39, 0.29) is 6.04 Å². The van der Waals surface area contributed by atoms with Gasteiger partial charge in [0.15, 0.2) is 11.8 Å². The Labute approximate surface area is 172 Å². The van der Waals surface area contributed by atoms with Crippen molar-refractivity contribution in [3.05, 3.63) is 41.5 Å². The monoisotopic (exact) mass is 400 g/mol. The van der Waals surface area contributed by atoms with Crippen LogP contribution in [-0.2, 0) is 30.7 Å². The summed E-state index contributed by atoms with van der Waals surface area (Å²) in [5.41, 5.74) is 1.27. The van der Waals surface area contributed by atoms with Crippen LogP contribution in [0.15, 0.2) is 29.3 Å². The summed E-state index contributed by atoms with van der Waals surface area (Å²) in [5.74, 6) is 3.56. The van der Waals surface area contributed by atoms with Gasteiger partial charge in [-0.15, -0.1) is 0 Å². The van der Waals surface area contributed by atoms with E-state index < -0.39 is 0 Å². The van der Waals surface area contributed by atoms with Crippen LogP contribution in [-0.4, -0.2) is 54.1 Å². The van der Waals surface area contributed by atoms with Gasteiger partial charge in [-0.05, 0) is 43.9 Å². The molecule has 0 amide bonds. The van der Waals surface area contributed by atoms with Crippen LogP contribution in [0.4, 0.5) is 0 Å². The Morgan fingerprint density at radius 3 is 3.03 bits per heavy atom. The fraction of sp³-hybridized carbons (Fsp3) is 0.571. The van der Waals surface area contributed by atoms with Gasteiger partial charge >= 0.3 is 0 Å². The second kappa shape index (κ2) is 10.8. The highest BCUT2D eigenvalue weighted by atomic mass is 16.5. The minimum atomic E-state index is 0.288. The predicted octanol–water partition coefficient (Wildman–Crippen LogP) is 1.94. The molecular weight excluding hydrogens is 368 g/mol. The van der Waals surface area contributed by atoms with Gasteiger partial charge in [0.25, 0.3) is 0 Å². The van der Waals surface area contributed by atoms with Gasteiger partial charge in [-0.2, -0.15) is 5.10 Å². The third kappa shape index (κ3) is 6.19. The van der Waals surface area contributed by atoms with Gasteiger partial charge in [-0.25, -0.2) is 9.67 Å². The molecule has 0 bridgehead atoms. The van der Waals surface area contributed by atoms with Gasteiger partial charge in [0.2, 0.25) is 0 Å². The predicted molar refractivity (Wildman–Crippen MR) is 113 cm³/mol. The highest BCUT2D eigenvalue weighted by Crippen LogP contribution is 2.15. The summed E-state index contributed by atoms with van der Waals surface area (Å²) in [6, 6.07) is 8.50. The molecule has 158 valence electrons. The molecule has 0 spiro atoms. The van der Waals surface area contributed by atoms with Crippen LogP contribution in [0, 0.1) is 0 Å². The van der Waals surface area contributed by atoms with Gasteiger partial charge < -0.3 is 20.1 Å². The average Bonchev–Trinajstić information content (AvgIpc) is 3.13. The summed E-state index contributed by atoms with van der Waals surface area (Å²) in [7, 11) is 3.36. The quantitative estimate of drug-likeness (QED) is 0.380. The van der Waals surface area contributed by atoms with E-state index in [1.54, 1.807) is 14.2 Å². The minimum Gasteiger partial charge on any atom is -0.497 e. The molecule has 1 aromatic carbocycles. The first-order valence-electron chi connectivity index (χ1n) is 10.3. The van der Waals surface area contributed by atoms with E-state index in [1.165, 1.54) is 5.56 Å². The van der Waals surface area contributed by atoms with Crippen molar-refractivity contribution in [2.75, 3.05) is 27.3 Å². The number of aliphatic imine (C=N–C) groups is 1. The van der Waals surface area contributed by atoms with E-state index in [0.29, 0.717) is 6.61 Å². The molecular formula is C21H32N6O2. The molecule has 3 rings (SSSR count). The molecule has 1 atom stereocenters. The zero-order valence-corrected chi connectivity index (χ0v) is 17.6. The highest BCUT2D eigenvalue weighted by molar-refractivity contribution is 5.80. The third-order valence-corrected chi connectivity index (χ3v) is 4.89. The smallest absolute Gasteiger partial charge is 0.191 e. The SMILES string of the molecule is CCNC(=NCCCc1cccc(OC)c1)NC1CCc2nc(COC)nn2C1. The van der Waals surface area contributed by atoms with Crippen LogP contribution in [0.25, 0.3) is 0 Å². The Morgan fingerprint density at radius 2 is 2.24 bits per heavy atom. The molecule has 0 fully saturated rings. The summed E-state index contributed by atoms with van der Waals surface area (Å²) in [5, 5.41) is 11.4. The molecule has 0 saturated carbocycles. The maximum atomic E-state index is 5.29. The van der Waals surface area contributed by atoms with Gasteiger partial charge in [0.1, 0.15) is 18.2 Å². The number of nitrogens with one attached hydrogen (secondary N) is 2. The Hall–Kier alpha value is -2.61. The number of aryl methyl sites for hydroxylation is 2. The van der Waals surface area contributed by atoms with Crippen molar-refractivity contribution in [3.63, 3.8) is 0 Å². The first kappa shape index (κ1) is 21.1. The van der Waals surface area contributed by atoms with Crippen molar-refractivity contribution in [3.8, 4) is 5.75 Å². The maximum absolute atomic E-state index is 5.29. The van der Waals surface area contributed by atoms with Gasteiger partial charge in [-0.1, -0.05) is 12.1 Å². The molecule has 2 aromatic rings. The number of hydrogen-bond donors (Lipinski definition) is 2. The number of benzene rings is 1. The Morgan fingerprint density at radius 1 is 1.34 bits per heavy atom. The first-order valence-corrected chi connectivity index (χ1v) is 10.3. The minimum absolute atomic E-state index is 0.288. The van der Waals surface area contributed by atoms with Crippen LogP contribution in [0.2, 0.25) is 0 Å². The van der Waals surface area contributed by atoms with E-state index in [9.17, 15) is 0 Å². The highest BCUT2D eigenvalue weighted by Gasteiger charge is 2.22. The number of guanidine groups is 1. The molecule has 0 saturated heterocycles. The van der Waals surface area contributed by atoms with Gasteiger partial charge in [-0.3, -0.25) is 4.99 Å². The molecule has 29 heavy (non-hydrogen) atoms. The molecule has 1 aliphatic rings. The Balaban J connectivity index is 1.51. The van der Waals surface area contributed by atoms with Crippen molar-refractivity contribution in [2.24, 2.45) is 4.99 Å². The molecule has 2 N–H and O–H groups in total. The zero-order valence-electron chi connectivity index (χ0n) is 17.6. The largest absolute Gasteiger partial charge is 0.497 e.